The minimum atomic E-state index is -0.227. The van der Waals surface area contributed by atoms with E-state index in [0.717, 1.165) is 11.1 Å². The Hall–Kier alpha value is -3.22. The molecule has 0 aliphatic carbocycles. The van der Waals surface area contributed by atoms with E-state index in [1.165, 1.54) is 4.57 Å². The number of fused-ring (bicyclic) bond motifs is 1. The van der Waals surface area contributed by atoms with E-state index in [1.54, 1.807) is 36.2 Å². The highest BCUT2D eigenvalue weighted by atomic mass is 35.5. The van der Waals surface area contributed by atoms with Gasteiger partial charge in [0.1, 0.15) is 0 Å². The maximum absolute atomic E-state index is 13.1. The highest BCUT2D eigenvalue weighted by Crippen LogP contribution is 2.17. The lowest BCUT2D eigenvalue weighted by Crippen LogP contribution is -2.27. The van der Waals surface area contributed by atoms with E-state index < -0.39 is 0 Å². The van der Waals surface area contributed by atoms with E-state index in [4.69, 9.17) is 23.8 Å². The fraction of sp³-hybridized carbons (Fsp3) is 0.125. The van der Waals surface area contributed by atoms with Crippen molar-refractivity contribution < 1.29 is 4.79 Å². The summed E-state index contributed by atoms with van der Waals surface area (Å²) >= 11 is 11.7. The summed E-state index contributed by atoms with van der Waals surface area (Å²) in [7, 11) is 1.75. The molecule has 1 amide bonds. The van der Waals surface area contributed by atoms with Crippen LogP contribution in [0.1, 0.15) is 21.5 Å². The quantitative estimate of drug-likeness (QED) is 0.434. The molecule has 0 atom stereocenters. The number of aromatic nitrogens is 2. The van der Waals surface area contributed by atoms with Gasteiger partial charge in [-0.05, 0) is 47.6 Å². The number of halogens is 1. The fourth-order valence-electron chi connectivity index (χ4n) is 3.48. The molecule has 4 aromatic rings. The number of aromatic amines is 1. The van der Waals surface area contributed by atoms with Crippen molar-refractivity contribution in [3.05, 3.63) is 110 Å². The van der Waals surface area contributed by atoms with Crippen molar-refractivity contribution in [2.45, 2.75) is 13.1 Å². The summed E-state index contributed by atoms with van der Waals surface area (Å²) in [5.41, 5.74) is 2.64. The summed E-state index contributed by atoms with van der Waals surface area (Å²) < 4.78 is 1.75. The van der Waals surface area contributed by atoms with Crippen molar-refractivity contribution in [1.82, 2.24) is 14.5 Å². The van der Waals surface area contributed by atoms with Gasteiger partial charge in [-0.25, -0.2) is 0 Å². The predicted octanol–water partition coefficient (Wildman–Crippen LogP) is 5.03. The lowest BCUT2D eigenvalue weighted by Gasteiger charge is -2.18. The second-order valence-corrected chi connectivity index (χ2v) is 8.11. The summed E-state index contributed by atoms with van der Waals surface area (Å²) in [5.74, 6) is -0.134. The average Bonchev–Trinajstić information content (AvgIpc) is 2.77. The molecule has 7 heteroatoms. The third kappa shape index (κ3) is 4.45. The molecule has 1 N–H and O–H groups in total. The number of nitrogens with one attached hydrogen (secondary N) is 1. The molecule has 3 aromatic carbocycles. The number of hydrogen-bond acceptors (Lipinski definition) is 3. The Morgan fingerprint density at radius 2 is 1.77 bits per heavy atom. The van der Waals surface area contributed by atoms with Gasteiger partial charge in [0.05, 0.1) is 17.4 Å². The van der Waals surface area contributed by atoms with Crippen LogP contribution in [-0.2, 0) is 13.1 Å². The third-order valence-electron chi connectivity index (χ3n) is 5.12. The van der Waals surface area contributed by atoms with Crippen LogP contribution < -0.4 is 5.56 Å². The fourth-order valence-corrected chi connectivity index (χ4v) is 3.93. The summed E-state index contributed by atoms with van der Waals surface area (Å²) in [5, 5.41) is 1.04. The van der Waals surface area contributed by atoms with Crippen LogP contribution >= 0.6 is 23.8 Å². The van der Waals surface area contributed by atoms with Crippen molar-refractivity contribution >= 4 is 40.6 Å². The number of hydrogen-bond donors (Lipinski definition) is 1. The molecule has 0 radical (unpaired) electrons. The number of benzene rings is 3. The van der Waals surface area contributed by atoms with Gasteiger partial charge >= 0.3 is 0 Å². The lowest BCUT2D eigenvalue weighted by atomic mass is 10.1. The summed E-state index contributed by atoms with van der Waals surface area (Å²) in [6.45, 7) is 0.761. The van der Waals surface area contributed by atoms with Gasteiger partial charge in [0.15, 0.2) is 4.77 Å². The average molecular weight is 450 g/mol. The van der Waals surface area contributed by atoms with Gasteiger partial charge < -0.3 is 9.88 Å². The van der Waals surface area contributed by atoms with Crippen LogP contribution in [0.15, 0.2) is 77.6 Å². The van der Waals surface area contributed by atoms with E-state index in [2.05, 4.69) is 4.98 Å². The zero-order valence-corrected chi connectivity index (χ0v) is 18.4. The predicted molar refractivity (Wildman–Crippen MR) is 126 cm³/mol. The molecule has 0 spiro atoms. The molecule has 0 bridgehead atoms. The van der Waals surface area contributed by atoms with Gasteiger partial charge in [-0.15, -0.1) is 0 Å². The Labute approximate surface area is 189 Å². The maximum Gasteiger partial charge on any atom is 0.262 e. The van der Waals surface area contributed by atoms with Crippen molar-refractivity contribution in [3.63, 3.8) is 0 Å². The number of carbonyl (C=O) groups is 1. The van der Waals surface area contributed by atoms with E-state index in [1.807, 2.05) is 48.5 Å². The molecular formula is C24H20ClN3O2S. The van der Waals surface area contributed by atoms with E-state index in [9.17, 15) is 9.59 Å². The molecule has 0 saturated heterocycles. The molecule has 5 nitrogen and oxygen atoms in total. The molecule has 156 valence electrons. The first-order chi connectivity index (χ1) is 14.9. The SMILES string of the molecule is CN(Cc1ccccc1)C(=O)c1ccc2c(=O)n(Cc3ccccc3Cl)c(=S)[nH]c2c1. The first-order valence-corrected chi connectivity index (χ1v) is 10.5. The van der Waals surface area contributed by atoms with E-state index in [-0.39, 0.29) is 22.8 Å². The summed E-state index contributed by atoms with van der Waals surface area (Å²) in [6, 6.07) is 22.1. The second kappa shape index (κ2) is 8.88. The molecule has 0 aliphatic rings. The second-order valence-electron chi connectivity index (χ2n) is 7.32. The molecule has 1 aromatic heterocycles. The summed E-state index contributed by atoms with van der Waals surface area (Å²) in [4.78, 5) is 30.7. The van der Waals surface area contributed by atoms with Crippen molar-refractivity contribution in [1.29, 1.82) is 0 Å². The number of carbonyl (C=O) groups excluding carboxylic acids is 1. The van der Waals surface area contributed by atoms with Crippen molar-refractivity contribution in [2.75, 3.05) is 7.05 Å². The lowest BCUT2D eigenvalue weighted by molar-refractivity contribution is 0.0785. The van der Waals surface area contributed by atoms with Gasteiger partial charge in [0, 0.05) is 24.2 Å². The van der Waals surface area contributed by atoms with Crippen LogP contribution in [0.3, 0.4) is 0 Å². The molecule has 1 heterocycles. The number of rotatable bonds is 5. The highest BCUT2D eigenvalue weighted by Gasteiger charge is 2.15. The van der Waals surface area contributed by atoms with Crippen LogP contribution in [0.5, 0.6) is 0 Å². The Morgan fingerprint density at radius 3 is 2.52 bits per heavy atom. The monoisotopic (exact) mass is 449 g/mol. The Bertz CT molecular complexity index is 1380. The Kier molecular flexibility index (Phi) is 6.02. The van der Waals surface area contributed by atoms with Gasteiger partial charge in [0.2, 0.25) is 0 Å². The molecule has 0 fully saturated rings. The topological polar surface area (TPSA) is 58.1 Å². The molecule has 0 aliphatic heterocycles. The standard InChI is InChI=1S/C24H20ClN3O2S/c1-27(14-16-7-3-2-4-8-16)22(29)17-11-12-19-21(13-17)26-24(31)28(23(19)30)15-18-9-5-6-10-20(18)25/h2-13H,14-15H2,1H3,(H,26,31). The van der Waals surface area contributed by atoms with Crippen LogP contribution in [0.25, 0.3) is 10.9 Å². The molecule has 31 heavy (non-hydrogen) atoms. The molecule has 0 saturated carbocycles. The van der Waals surface area contributed by atoms with Crippen LogP contribution in [0.2, 0.25) is 5.02 Å². The van der Waals surface area contributed by atoms with Crippen LogP contribution in [0.4, 0.5) is 0 Å². The van der Waals surface area contributed by atoms with Crippen LogP contribution in [-0.4, -0.2) is 27.4 Å². The zero-order valence-electron chi connectivity index (χ0n) is 16.8. The Balaban J connectivity index is 1.66. The largest absolute Gasteiger partial charge is 0.337 e. The zero-order chi connectivity index (χ0) is 22.0. The number of amides is 1. The van der Waals surface area contributed by atoms with Crippen molar-refractivity contribution in [3.8, 4) is 0 Å². The Morgan fingerprint density at radius 1 is 1.06 bits per heavy atom. The van der Waals surface area contributed by atoms with Crippen molar-refractivity contribution in [2.24, 2.45) is 0 Å². The molecule has 0 unspecified atom stereocenters. The highest BCUT2D eigenvalue weighted by molar-refractivity contribution is 7.71. The molecular weight excluding hydrogens is 430 g/mol. The van der Waals surface area contributed by atoms with Gasteiger partial charge in [-0.2, -0.15) is 0 Å². The van der Waals surface area contributed by atoms with E-state index >= 15 is 0 Å². The minimum Gasteiger partial charge on any atom is -0.337 e. The minimum absolute atomic E-state index is 0.134. The van der Waals surface area contributed by atoms with Gasteiger partial charge in [0.25, 0.3) is 11.5 Å². The first kappa shape index (κ1) is 21.0. The van der Waals surface area contributed by atoms with E-state index in [0.29, 0.717) is 28.0 Å². The first-order valence-electron chi connectivity index (χ1n) is 9.74. The smallest absolute Gasteiger partial charge is 0.262 e. The third-order valence-corrected chi connectivity index (χ3v) is 5.82. The number of H-pyrrole nitrogens is 1. The van der Waals surface area contributed by atoms with Gasteiger partial charge in [-0.1, -0.05) is 60.1 Å². The molecule has 4 rings (SSSR count). The van der Waals surface area contributed by atoms with Crippen LogP contribution in [0, 0.1) is 4.77 Å². The number of nitrogens with zero attached hydrogens (tertiary/aromatic N) is 2. The van der Waals surface area contributed by atoms with Gasteiger partial charge in [-0.3, -0.25) is 14.2 Å². The maximum atomic E-state index is 13.1. The summed E-state index contributed by atoms with van der Waals surface area (Å²) in [6.07, 6.45) is 0. The normalized spacial score (nSPS) is 10.9.